The first-order valence-corrected chi connectivity index (χ1v) is 6.84. The molecule has 0 saturated heterocycles. The zero-order valence-corrected chi connectivity index (χ0v) is 11.2. The monoisotopic (exact) mass is 256 g/mol. The molecule has 4 nitrogen and oxygen atoms in total. The molecule has 1 unspecified atom stereocenters. The lowest BCUT2D eigenvalue weighted by Gasteiger charge is -2.10. The first-order chi connectivity index (χ1) is 8.09. The average Bonchev–Trinajstić information content (AvgIpc) is 2.69. The number of nitrogens with zero attached hydrogens (tertiary/aromatic N) is 1. The highest BCUT2D eigenvalue weighted by Gasteiger charge is 2.07. The number of aromatic nitrogens is 1. The van der Waals surface area contributed by atoms with Gasteiger partial charge in [0.25, 0.3) is 0 Å². The number of carboxylic acids is 1. The third-order valence-electron chi connectivity index (χ3n) is 2.53. The van der Waals surface area contributed by atoms with Crippen molar-refractivity contribution in [1.82, 2.24) is 10.3 Å². The highest BCUT2D eigenvalue weighted by Crippen LogP contribution is 2.17. The fourth-order valence-corrected chi connectivity index (χ4v) is 2.38. The van der Waals surface area contributed by atoms with Crippen molar-refractivity contribution in [3.8, 4) is 0 Å². The lowest BCUT2D eigenvalue weighted by molar-refractivity contribution is -0.137. The molecule has 0 amide bonds. The molecule has 0 radical (unpaired) electrons. The Morgan fingerprint density at radius 1 is 1.53 bits per heavy atom. The number of nitrogens with one attached hydrogen (secondary N) is 1. The smallest absolute Gasteiger partial charge is 0.303 e. The van der Waals surface area contributed by atoms with Crippen molar-refractivity contribution in [2.24, 2.45) is 0 Å². The van der Waals surface area contributed by atoms with Crippen molar-refractivity contribution in [3.05, 3.63) is 16.1 Å². The zero-order valence-electron chi connectivity index (χ0n) is 10.4. The van der Waals surface area contributed by atoms with Crippen molar-refractivity contribution >= 4 is 17.3 Å². The first-order valence-electron chi connectivity index (χ1n) is 5.97. The van der Waals surface area contributed by atoms with Crippen LogP contribution in [0.3, 0.4) is 0 Å². The van der Waals surface area contributed by atoms with Crippen LogP contribution in [0, 0.1) is 6.92 Å². The van der Waals surface area contributed by atoms with E-state index >= 15 is 0 Å². The molecule has 0 aromatic carbocycles. The third kappa shape index (κ3) is 5.79. The summed E-state index contributed by atoms with van der Waals surface area (Å²) in [5.74, 6) is -0.704. The Balaban J connectivity index is 2.08. The van der Waals surface area contributed by atoms with E-state index in [2.05, 4.69) is 22.6 Å². The lowest BCUT2D eigenvalue weighted by Crippen LogP contribution is -2.19. The first kappa shape index (κ1) is 14.1. The van der Waals surface area contributed by atoms with Crippen LogP contribution in [-0.2, 0) is 4.79 Å². The average molecular weight is 256 g/mol. The van der Waals surface area contributed by atoms with Crippen LogP contribution in [0.4, 0.5) is 0 Å². The van der Waals surface area contributed by atoms with Gasteiger partial charge in [-0.2, -0.15) is 0 Å². The topological polar surface area (TPSA) is 62.2 Å². The van der Waals surface area contributed by atoms with E-state index < -0.39 is 5.97 Å². The van der Waals surface area contributed by atoms with Crippen molar-refractivity contribution in [3.63, 3.8) is 0 Å². The van der Waals surface area contributed by atoms with Crippen molar-refractivity contribution < 1.29 is 9.90 Å². The fraction of sp³-hybridized carbons (Fsp3) is 0.667. The molecule has 0 fully saturated rings. The van der Waals surface area contributed by atoms with E-state index in [0.717, 1.165) is 36.5 Å². The molecular formula is C12H20N2O2S. The van der Waals surface area contributed by atoms with E-state index in [1.54, 1.807) is 11.3 Å². The number of hydrogen-bond donors (Lipinski definition) is 2. The molecule has 0 aliphatic carbocycles. The van der Waals surface area contributed by atoms with Gasteiger partial charge in [-0.3, -0.25) is 4.79 Å². The number of rotatable bonds is 8. The molecule has 17 heavy (non-hydrogen) atoms. The largest absolute Gasteiger partial charge is 0.481 e. The van der Waals surface area contributed by atoms with Crippen LogP contribution in [0.25, 0.3) is 0 Å². The summed E-state index contributed by atoms with van der Waals surface area (Å²) in [7, 11) is 0. The van der Waals surface area contributed by atoms with Gasteiger partial charge in [0, 0.05) is 17.5 Å². The molecule has 0 saturated carbocycles. The number of unbranched alkanes of at least 4 members (excludes halogenated alkanes) is 2. The lowest BCUT2D eigenvalue weighted by atomic mass is 10.2. The second-order valence-electron chi connectivity index (χ2n) is 4.21. The SMILES string of the molecule is Cc1csc(C(C)NCCCCCC(=O)O)n1. The van der Waals surface area contributed by atoms with Gasteiger partial charge in [-0.1, -0.05) is 6.42 Å². The van der Waals surface area contributed by atoms with E-state index in [4.69, 9.17) is 5.11 Å². The van der Waals surface area contributed by atoms with Crippen LogP contribution in [0.2, 0.25) is 0 Å². The molecule has 0 bridgehead atoms. The molecule has 1 atom stereocenters. The third-order valence-corrected chi connectivity index (χ3v) is 3.67. The Hall–Kier alpha value is -0.940. The highest BCUT2D eigenvalue weighted by molar-refractivity contribution is 7.09. The molecular weight excluding hydrogens is 236 g/mol. The van der Waals surface area contributed by atoms with Gasteiger partial charge < -0.3 is 10.4 Å². The van der Waals surface area contributed by atoms with Crippen LogP contribution in [-0.4, -0.2) is 22.6 Å². The normalized spacial score (nSPS) is 12.6. The van der Waals surface area contributed by atoms with Crippen LogP contribution >= 0.6 is 11.3 Å². The van der Waals surface area contributed by atoms with Gasteiger partial charge in [0.1, 0.15) is 5.01 Å². The molecule has 96 valence electrons. The molecule has 0 aliphatic heterocycles. The maximum absolute atomic E-state index is 10.3. The van der Waals surface area contributed by atoms with Gasteiger partial charge in [0.15, 0.2) is 0 Å². The van der Waals surface area contributed by atoms with Gasteiger partial charge in [-0.25, -0.2) is 4.98 Å². The van der Waals surface area contributed by atoms with Gasteiger partial charge in [-0.05, 0) is 33.2 Å². The van der Waals surface area contributed by atoms with Gasteiger partial charge in [-0.15, -0.1) is 11.3 Å². The van der Waals surface area contributed by atoms with Crippen molar-refractivity contribution in [2.45, 2.75) is 45.6 Å². The van der Waals surface area contributed by atoms with Crippen LogP contribution in [0.15, 0.2) is 5.38 Å². The molecule has 1 heterocycles. The number of aryl methyl sites for hydroxylation is 1. The molecule has 2 N–H and O–H groups in total. The summed E-state index contributed by atoms with van der Waals surface area (Å²) in [5, 5.41) is 15.1. The van der Waals surface area contributed by atoms with Gasteiger partial charge in [0.05, 0.1) is 6.04 Å². The molecule has 5 heteroatoms. The molecule has 1 aromatic rings. The van der Waals surface area contributed by atoms with Crippen LogP contribution in [0.5, 0.6) is 0 Å². The second-order valence-corrected chi connectivity index (χ2v) is 5.10. The van der Waals surface area contributed by atoms with Gasteiger partial charge >= 0.3 is 5.97 Å². The van der Waals surface area contributed by atoms with Crippen molar-refractivity contribution in [2.75, 3.05) is 6.54 Å². The van der Waals surface area contributed by atoms with Crippen molar-refractivity contribution in [1.29, 1.82) is 0 Å². The van der Waals surface area contributed by atoms with Gasteiger partial charge in [0.2, 0.25) is 0 Å². The fourth-order valence-electron chi connectivity index (χ4n) is 1.55. The highest BCUT2D eigenvalue weighted by atomic mass is 32.1. The number of carboxylic acid groups (broad SMARTS) is 1. The molecule has 0 aliphatic rings. The van der Waals surface area contributed by atoms with Crippen LogP contribution in [0.1, 0.15) is 49.4 Å². The predicted molar refractivity (Wildman–Crippen MR) is 69.4 cm³/mol. The predicted octanol–water partition coefficient (Wildman–Crippen LogP) is 2.75. The Bertz CT molecular complexity index is 352. The minimum Gasteiger partial charge on any atom is -0.481 e. The number of thiazole rings is 1. The summed E-state index contributed by atoms with van der Waals surface area (Å²) in [4.78, 5) is 14.7. The van der Waals surface area contributed by atoms with E-state index in [1.807, 2.05) is 6.92 Å². The second kappa shape index (κ2) is 7.40. The number of carbonyl (C=O) groups is 1. The quantitative estimate of drug-likeness (QED) is 0.702. The van der Waals surface area contributed by atoms with E-state index in [-0.39, 0.29) is 12.5 Å². The summed E-state index contributed by atoms with van der Waals surface area (Å²) < 4.78 is 0. The van der Waals surface area contributed by atoms with E-state index in [9.17, 15) is 4.79 Å². The Morgan fingerprint density at radius 2 is 2.29 bits per heavy atom. The summed E-state index contributed by atoms with van der Waals surface area (Å²) in [6, 6.07) is 0.285. The number of hydrogen-bond acceptors (Lipinski definition) is 4. The minimum absolute atomic E-state index is 0.279. The Morgan fingerprint density at radius 3 is 2.88 bits per heavy atom. The number of aliphatic carboxylic acids is 1. The Kier molecular flexibility index (Phi) is 6.15. The maximum atomic E-state index is 10.3. The molecule has 1 aromatic heterocycles. The summed E-state index contributed by atoms with van der Waals surface area (Å²) in [5.41, 5.74) is 1.07. The zero-order chi connectivity index (χ0) is 12.7. The van der Waals surface area contributed by atoms with E-state index in [0.29, 0.717) is 0 Å². The summed E-state index contributed by atoms with van der Waals surface area (Å²) >= 11 is 1.68. The standard InChI is InChI=1S/C12H20N2O2S/c1-9-8-17-12(14-9)10(2)13-7-5-3-4-6-11(15)16/h8,10,13H,3-7H2,1-2H3,(H,15,16). The molecule has 0 spiro atoms. The molecule has 1 rings (SSSR count). The Labute approximate surface area is 106 Å². The summed E-state index contributed by atoms with van der Waals surface area (Å²) in [6.45, 7) is 5.02. The van der Waals surface area contributed by atoms with Crippen LogP contribution < -0.4 is 5.32 Å². The minimum atomic E-state index is -0.704. The maximum Gasteiger partial charge on any atom is 0.303 e. The summed E-state index contributed by atoms with van der Waals surface area (Å²) in [6.07, 6.45) is 3.02. The van der Waals surface area contributed by atoms with E-state index in [1.165, 1.54) is 0 Å².